The number of carbonyl (C=O) groups excluding carboxylic acids is 1. The molecule has 0 saturated carbocycles. The standard InChI is InChI=1S/C18H23F3N2O2/c1-4-11-25-16-9-8-14(18(19,20)21)12-15(16)23(13(2)24)17-7-5-6-10-22(17)3/h4,8-9,12,17H,1,5-7,10-11H2,2-3H3. The second-order valence-electron chi connectivity index (χ2n) is 6.13. The van der Waals surface area contributed by atoms with Crippen LogP contribution in [-0.2, 0) is 11.0 Å². The quantitative estimate of drug-likeness (QED) is 0.746. The van der Waals surface area contributed by atoms with Gasteiger partial charge in [0.05, 0.1) is 17.4 Å². The fourth-order valence-electron chi connectivity index (χ4n) is 3.08. The maximum Gasteiger partial charge on any atom is 0.416 e. The Labute approximate surface area is 145 Å². The predicted molar refractivity (Wildman–Crippen MR) is 90.6 cm³/mol. The van der Waals surface area contributed by atoms with Crippen LogP contribution >= 0.6 is 0 Å². The van der Waals surface area contributed by atoms with E-state index in [9.17, 15) is 18.0 Å². The number of hydrogen-bond donors (Lipinski definition) is 0. The first-order valence-electron chi connectivity index (χ1n) is 8.20. The number of hydrogen-bond acceptors (Lipinski definition) is 3. The third-order valence-corrected chi connectivity index (χ3v) is 4.27. The molecule has 0 aromatic heterocycles. The van der Waals surface area contributed by atoms with Crippen LogP contribution in [0.5, 0.6) is 5.75 Å². The molecule has 1 aromatic carbocycles. The van der Waals surface area contributed by atoms with E-state index in [1.54, 1.807) is 0 Å². The summed E-state index contributed by atoms with van der Waals surface area (Å²) in [7, 11) is 1.87. The van der Waals surface area contributed by atoms with Crippen LogP contribution in [0.25, 0.3) is 0 Å². The molecule has 1 fully saturated rings. The van der Waals surface area contributed by atoms with E-state index in [-0.39, 0.29) is 30.1 Å². The van der Waals surface area contributed by atoms with Gasteiger partial charge in [0.15, 0.2) is 0 Å². The highest BCUT2D eigenvalue weighted by Crippen LogP contribution is 2.39. The lowest BCUT2D eigenvalue weighted by Crippen LogP contribution is -2.51. The topological polar surface area (TPSA) is 32.8 Å². The maximum atomic E-state index is 13.2. The minimum Gasteiger partial charge on any atom is -0.487 e. The van der Waals surface area contributed by atoms with Gasteiger partial charge in [-0.2, -0.15) is 13.2 Å². The molecular weight excluding hydrogens is 333 g/mol. The summed E-state index contributed by atoms with van der Waals surface area (Å²) >= 11 is 0. The molecule has 0 bridgehead atoms. The zero-order valence-electron chi connectivity index (χ0n) is 14.5. The van der Waals surface area contributed by atoms with Gasteiger partial charge in [0.2, 0.25) is 5.91 Å². The molecule has 7 heteroatoms. The third kappa shape index (κ3) is 4.54. The van der Waals surface area contributed by atoms with Gasteiger partial charge in [0.25, 0.3) is 0 Å². The lowest BCUT2D eigenvalue weighted by Gasteiger charge is -2.40. The number of ether oxygens (including phenoxy) is 1. The molecule has 1 unspecified atom stereocenters. The minimum absolute atomic E-state index is 0.142. The summed E-state index contributed by atoms with van der Waals surface area (Å²) in [6.07, 6.45) is -0.658. The van der Waals surface area contributed by atoms with E-state index >= 15 is 0 Å². The summed E-state index contributed by atoms with van der Waals surface area (Å²) in [6.45, 7) is 5.84. The zero-order valence-corrected chi connectivity index (χ0v) is 14.5. The van der Waals surface area contributed by atoms with E-state index in [1.165, 1.54) is 24.0 Å². The maximum absolute atomic E-state index is 13.2. The summed E-state index contributed by atoms with van der Waals surface area (Å²) in [6, 6.07) is 3.22. The number of halogens is 3. The van der Waals surface area contributed by atoms with Gasteiger partial charge in [-0.1, -0.05) is 12.7 Å². The van der Waals surface area contributed by atoms with Crippen molar-refractivity contribution in [1.29, 1.82) is 0 Å². The number of carbonyl (C=O) groups is 1. The molecule has 0 spiro atoms. The van der Waals surface area contributed by atoms with Crippen molar-refractivity contribution in [3.8, 4) is 5.75 Å². The van der Waals surface area contributed by atoms with Crippen LogP contribution in [0.15, 0.2) is 30.9 Å². The van der Waals surface area contributed by atoms with Crippen LogP contribution in [0.2, 0.25) is 0 Å². The molecule has 2 rings (SSSR count). The Morgan fingerprint density at radius 3 is 2.72 bits per heavy atom. The normalized spacial score (nSPS) is 18.7. The lowest BCUT2D eigenvalue weighted by molar-refractivity contribution is -0.137. The van der Waals surface area contributed by atoms with E-state index in [4.69, 9.17) is 4.74 Å². The summed E-state index contributed by atoms with van der Waals surface area (Å²) in [5.74, 6) is -0.0800. The van der Waals surface area contributed by atoms with E-state index in [0.717, 1.165) is 31.5 Å². The van der Waals surface area contributed by atoms with Crippen molar-refractivity contribution in [2.24, 2.45) is 0 Å². The van der Waals surface area contributed by atoms with Crippen LogP contribution in [0.3, 0.4) is 0 Å². The van der Waals surface area contributed by atoms with E-state index in [2.05, 4.69) is 6.58 Å². The summed E-state index contributed by atoms with van der Waals surface area (Å²) in [5.41, 5.74) is -0.666. The van der Waals surface area contributed by atoms with Gasteiger partial charge < -0.3 is 4.74 Å². The first-order valence-corrected chi connectivity index (χ1v) is 8.20. The van der Waals surface area contributed by atoms with Crippen molar-refractivity contribution in [1.82, 2.24) is 4.90 Å². The fourth-order valence-corrected chi connectivity index (χ4v) is 3.08. The molecule has 1 amide bonds. The third-order valence-electron chi connectivity index (χ3n) is 4.27. The molecule has 25 heavy (non-hydrogen) atoms. The number of anilines is 1. The highest BCUT2D eigenvalue weighted by atomic mass is 19.4. The van der Waals surface area contributed by atoms with Gasteiger partial charge in [-0.05, 0) is 51.1 Å². The van der Waals surface area contributed by atoms with Crippen molar-refractivity contribution in [2.75, 3.05) is 25.1 Å². The van der Waals surface area contributed by atoms with Crippen molar-refractivity contribution in [3.05, 3.63) is 36.4 Å². The van der Waals surface area contributed by atoms with Crippen LogP contribution in [0.1, 0.15) is 31.7 Å². The highest BCUT2D eigenvalue weighted by Gasteiger charge is 2.35. The Bertz CT molecular complexity index is 631. The summed E-state index contributed by atoms with van der Waals surface area (Å²) in [4.78, 5) is 15.7. The lowest BCUT2D eigenvalue weighted by atomic mass is 10.1. The monoisotopic (exact) mass is 356 g/mol. The Kier molecular flexibility index (Phi) is 6.11. The van der Waals surface area contributed by atoms with Crippen molar-refractivity contribution >= 4 is 11.6 Å². The molecule has 1 saturated heterocycles. The number of alkyl halides is 3. The van der Waals surface area contributed by atoms with Crippen molar-refractivity contribution < 1.29 is 22.7 Å². The predicted octanol–water partition coefficient (Wildman–Crippen LogP) is 4.06. The Morgan fingerprint density at radius 2 is 2.16 bits per heavy atom. The number of benzene rings is 1. The Morgan fingerprint density at radius 1 is 1.44 bits per heavy atom. The van der Waals surface area contributed by atoms with Gasteiger partial charge in [0, 0.05) is 6.92 Å². The highest BCUT2D eigenvalue weighted by molar-refractivity contribution is 5.94. The second-order valence-corrected chi connectivity index (χ2v) is 6.13. The largest absolute Gasteiger partial charge is 0.487 e. The van der Waals surface area contributed by atoms with Gasteiger partial charge in [-0.3, -0.25) is 14.6 Å². The van der Waals surface area contributed by atoms with Crippen molar-refractivity contribution in [3.63, 3.8) is 0 Å². The Balaban J connectivity index is 2.52. The molecule has 1 aliphatic heterocycles. The molecular formula is C18H23F3N2O2. The SMILES string of the molecule is C=CCOc1ccc(C(F)(F)F)cc1N(C(C)=O)C1CCCCN1C. The zero-order chi connectivity index (χ0) is 18.6. The van der Waals surface area contributed by atoms with E-state index in [0.29, 0.717) is 6.42 Å². The first-order chi connectivity index (χ1) is 11.8. The van der Waals surface area contributed by atoms with Gasteiger partial charge >= 0.3 is 6.18 Å². The van der Waals surface area contributed by atoms with E-state index in [1.807, 2.05) is 11.9 Å². The summed E-state index contributed by atoms with van der Waals surface area (Å²) < 4.78 is 45.0. The molecule has 0 radical (unpaired) electrons. The summed E-state index contributed by atoms with van der Waals surface area (Å²) in [5, 5.41) is 0. The van der Waals surface area contributed by atoms with Gasteiger partial charge in [-0.25, -0.2) is 0 Å². The first kappa shape index (κ1) is 19.3. The van der Waals surface area contributed by atoms with Crippen LogP contribution < -0.4 is 9.64 Å². The molecule has 1 atom stereocenters. The van der Waals surface area contributed by atoms with Crippen molar-refractivity contribution in [2.45, 2.75) is 38.5 Å². The number of nitrogens with zero attached hydrogens (tertiary/aromatic N) is 2. The number of piperidine rings is 1. The molecule has 138 valence electrons. The molecule has 4 nitrogen and oxygen atoms in total. The minimum atomic E-state index is -4.49. The molecule has 1 heterocycles. The van der Waals surface area contributed by atoms with Crippen LogP contribution in [0.4, 0.5) is 18.9 Å². The van der Waals surface area contributed by atoms with E-state index < -0.39 is 11.7 Å². The van der Waals surface area contributed by atoms with Crippen LogP contribution in [0, 0.1) is 0 Å². The Hall–Kier alpha value is -2.02. The average molecular weight is 356 g/mol. The average Bonchev–Trinajstić information content (AvgIpc) is 2.54. The number of likely N-dealkylation sites (tertiary alicyclic amines) is 1. The molecule has 1 aromatic rings. The van der Waals surface area contributed by atoms with Gasteiger partial charge in [0.1, 0.15) is 12.4 Å². The fraction of sp³-hybridized carbons (Fsp3) is 0.500. The number of rotatable bonds is 5. The molecule has 1 aliphatic rings. The molecule has 0 aliphatic carbocycles. The van der Waals surface area contributed by atoms with Gasteiger partial charge in [-0.15, -0.1) is 0 Å². The second kappa shape index (κ2) is 7.91. The smallest absolute Gasteiger partial charge is 0.416 e. The molecule has 0 N–H and O–H groups in total. The van der Waals surface area contributed by atoms with Crippen LogP contribution in [-0.4, -0.2) is 37.2 Å². The number of amides is 1.